The minimum atomic E-state index is -1.58. The van der Waals surface area contributed by atoms with Crippen LogP contribution in [0.15, 0.2) is 0 Å². The van der Waals surface area contributed by atoms with Gasteiger partial charge in [0.05, 0.1) is 19.3 Å². The number of carbonyl (C=O) groups is 1. The van der Waals surface area contributed by atoms with Crippen molar-refractivity contribution in [3.05, 3.63) is 0 Å². The number of methoxy groups -OCH3 is 1. The van der Waals surface area contributed by atoms with Gasteiger partial charge in [-0.05, 0) is 6.42 Å². The molecule has 5 heteroatoms. The molecule has 3 N–H and O–H groups in total. The second kappa shape index (κ2) is 11.2. The quantitative estimate of drug-likeness (QED) is 0.392. The molecule has 0 aromatic carbocycles. The van der Waals surface area contributed by atoms with Gasteiger partial charge in [-0.3, -0.25) is 0 Å². The highest BCUT2D eigenvalue weighted by Crippen LogP contribution is 2.13. The topological polar surface area (TPSA) is 87.0 Å². The van der Waals surface area contributed by atoms with E-state index in [4.69, 9.17) is 0 Å². The Hall–Kier alpha value is -0.650. The van der Waals surface area contributed by atoms with Crippen LogP contribution in [0.1, 0.15) is 58.3 Å². The van der Waals surface area contributed by atoms with Gasteiger partial charge in [-0.1, -0.05) is 45.4 Å². The minimum Gasteiger partial charge on any atom is -0.467 e. The Balaban J connectivity index is 3.67. The molecule has 114 valence electrons. The zero-order valence-corrected chi connectivity index (χ0v) is 12.0. The number of ether oxygens (including phenoxy) is 1. The van der Waals surface area contributed by atoms with E-state index in [9.17, 15) is 20.1 Å². The highest BCUT2D eigenvalue weighted by atomic mass is 16.5. The van der Waals surface area contributed by atoms with Gasteiger partial charge in [0.1, 0.15) is 0 Å². The first kappa shape index (κ1) is 18.4. The van der Waals surface area contributed by atoms with Gasteiger partial charge in [-0.15, -0.1) is 0 Å². The van der Waals surface area contributed by atoms with Crippen molar-refractivity contribution in [3.8, 4) is 0 Å². The van der Waals surface area contributed by atoms with E-state index < -0.39 is 24.3 Å². The van der Waals surface area contributed by atoms with Gasteiger partial charge in [0.25, 0.3) is 0 Å². The van der Waals surface area contributed by atoms with Crippen molar-refractivity contribution >= 4 is 5.97 Å². The average Bonchev–Trinajstić information content (AvgIpc) is 2.40. The average molecular weight is 276 g/mol. The molecule has 0 rings (SSSR count). The smallest absolute Gasteiger partial charge is 0.337 e. The lowest BCUT2D eigenvalue weighted by Crippen LogP contribution is -2.37. The Bertz CT molecular complexity index is 232. The Morgan fingerprint density at radius 1 is 1.05 bits per heavy atom. The summed E-state index contributed by atoms with van der Waals surface area (Å²) in [7, 11) is 1.14. The number of carbonyl (C=O) groups excluding carboxylic acids is 1. The van der Waals surface area contributed by atoms with Crippen molar-refractivity contribution in [2.24, 2.45) is 0 Å². The van der Waals surface area contributed by atoms with Crippen LogP contribution < -0.4 is 0 Å². The maximum atomic E-state index is 11.0. The summed E-state index contributed by atoms with van der Waals surface area (Å²) in [5, 5.41) is 28.6. The number of esters is 1. The number of hydrogen-bond acceptors (Lipinski definition) is 5. The van der Waals surface area contributed by atoms with E-state index in [1.807, 2.05) is 0 Å². The molecule has 19 heavy (non-hydrogen) atoms. The molecular formula is C14H28O5. The predicted octanol–water partition coefficient (Wildman–Crippen LogP) is 1.38. The van der Waals surface area contributed by atoms with Gasteiger partial charge in [-0.25, -0.2) is 4.79 Å². The molecule has 0 saturated heterocycles. The molecule has 0 aliphatic heterocycles. The summed E-state index contributed by atoms with van der Waals surface area (Å²) in [4.78, 5) is 11.0. The van der Waals surface area contributed by atoms with E-state index >= 15 is 0 Å². The first-order chi connectivity index (χ1) is 9.02. The first-order valence-electron chi connectivity index (χ1n) is 7.14. The summed E-state index contributed by atoms with van der Waals surface area (Å²) in [6, 6.07) is 0. The summed E-state index contributed by atoms with van der Waals surface area (Å²) in [6.07, 6.45) is 3.81. The van der Waals surface area contributed by atoms with Crippen molar-refractivity contribution in [2.45, 2.75) is 76.6 Å². The number of aliphatic hydroxyl groups is 3. The summed E-state index contributed by atoms with van der Waals surface area (Å²) in [5.41, 5.74) is 0. The van der Waals surface area contributed by atoms with E-state index in [0.29, 0.717) is 6.42 Å². The summed E-state index contributed by atoms with van der Waals surface area (Å²) >= 11 is 0. The normalized spacial score (nSPS) is 15.8. The molecule has 0 saturated carbocycles. The predicted molar refractivity (Wildman–Crippen MR) is 72.6 cm³/mol. The van der Waals surface area contributed by atoms with Gasteiger partial charge < -0.3 is 20.1 Å². The van der Waals surface area contributed by atoms with E-state index in [1.54, 1.807) is 0 Å². The Kier molecular flexibility index (Phi) is 10.8. The molecule has 0 unspecified atom stereocenters. The number of aliphatic hydroxyl groups excluding tert-OH is 3. The van der Waals surface area contributed by atoms with E-state index in [1.165, 1.54) is 19.3 Å². The highest BCUT2D eigenvalue weighted by molar-refractivity contribution is 5.74. The molecule has 0 amide bonds. The van der Waals surface area contributed by atoms with E-state index in [2.05, 4.69) is 11.7 Å². The molecule has 0 radical (unpaired) electrons. The fourth-order valence-electron chi connectivity index (χ4n) is 1.96. The molecular weight excluding hydrogens is 248 g/mol. The second-order valence-electron chi connectivity index (χ2n) is 4.98. The maximum absolute atomic E-state index is 11.0. The standard InChI is InChI=1S/C14H28O5/c1-3-4-5-6-7-8-9-11(15)10-12(16)13(17)14(18)19-2/h11-13,15-17H,3-10H2,1-2H3/t11-,12-,13-/m0/s1. The fourth-order valence-corrected chi connectivity index (χ4v) is 1.96. The Morgan fingerprint density at radius 3 is 2.21 bits per heavy atom. The number of hydrogen-bond donors (Lipinski definition) is 3. The highest BCUT2D eigenvalue weighted by Gasteiger charge is 2.26. The Morgan fingerprint density at radius 2 is 1.63 bits per heavy atom. The van der Waals surface area contributed by atoms with Crippen molar-refractivity contribution in [2.75, 3.05) is 7.11 Å². The Labute approximate surface area is 115 Å². The molecule has 3 atom stereocenters. The largest absolute Gasteiger partial charge is 0.467 e. The summed E-state index contributed by atoms with van der Waals surface area (Å²) < 4.78 is 4.32. The molecule has 5 nitrogen and oxygen atoms in total. The molecule has 0 spiro atoms. The summed E-state index contributed by atoms with van der Waals surface area (Å²) in [5.74, 6) is -0.876. The van der Waals surface area contributed by atoms with Crippen LogP contribution in [0, 0.1) is 0 Å². The van der Waals surface area contributed by atoms with Crippen LogP contribution in [0.25, 0.3) is 0 Å². The fraction of sp³-hybridized carbons (Fsp3) is 0.929. The van der Waals surface area contributed by atoms with Crippen LogP contribution >= 0.6 is 0 Å². The van der Waals surface area contributed by atoms with Crippen molar-refractivity contribution in [1.82, 2.24) is 0 Å². The van der Waals surface area contributed by atoms with Gasteiger partial charge >= 0.3 is 5.97 Å². The van der Waals surface area contributed by atoms with Crippen LogP contribution in [0.3, 0.4) is 0 Å². The minimum absolute atomic E-state index is 0.00870. The number of rotatable bonds is 11. The van der Waals surface area contributed by atoms with Crippen molar-refractivity contribution in [3.63, 3.8) is 0 Å². The van der Waals surface area contributed by atoms with Crippen LogP contribution in [-0.4, -0.2) is 46.7 Å². The summed E-state index contributed by atoms with van der Waals surface area (Å²) in [6.45, 7) is 2.16. The van der Waals surface area contributed by atoms with E-state index in [-0.39, 0.29) is 6.42 Å². The lowest BCUT2D eigenvalue weighted by molar-refractivity contribution is -0.157. The molecule has 0 fully saturated rings. The SMILES string of the molecule is CCCCCCCC[C@H](O)C[C@H](O)[C@H](O)C(=O)OC. The zero-order valence-electron chi connectivity index (χ0n) is 12.0. The van der Waals surface area contributed by atoms with Gasteiger partial charge in [-0.2, -0.15) is 0 Å². The maximum Gasteiger partial charge on any atom is 0.337 e. The van der Waals surface area contributed by atoms with Crippen LogP contribution in [0.5, 0.6) is 0 Å². The van der Waals surface area contributed by atoms with Crippen molar-refractivity contribution < 1.29 is 24.9 Å². The molecule has 0 heterocycles. The van der Waals surface area contributed by atoms with Crippen molar-refractivity contribution in [1.29, 1.82) is 0 Å². The van der Waals surface area contributed by atoms with Gasteiger partial charge in [0.2, 0.25) is 0 Å². The van der Waals surface area contributed by atoms with Crippen LogP contribution in [0.4, 0.5) is 0 Å². The van der Waals surface area contributed by atoms with Crippen LogP contribution in [-0.2, 0) is 9.53 Å². The van der Waals surface area contributed by atoms with Gasteiger partial charge in [0, 0.05) is 6.42 Å². The lowest BCUT2D eigenvalue weighted by atomic mass is 10.0. The molecule has 0 aromatic heterocycles. The molecule has 0 bridgehead atoms. The molecule has 0 aliphatic carbocycles. The first-order valence-corrected chi connectivity index (χ1v) is 7.14. The van der Waals surface area contributed by atoms with E-state index in [0.717, 1.165) is 26.4 Å². The second-order valence-corrected chi connectivity index (χ2v) is 4.98. The lowest BCUT2D eigenvalue weighted by Gasteiger charge is -2.18. The van der Waals surface area contributed by atoms with Crippen LogP contribution in [0.2, 0.25) is 0 Å². The van der Waals surface area contributed by atoms with Gasteiger partial charge in [0.15, 0.2) is 6.10 Å². The molecule has 0 aliphatic rings. The third-order valence-electron chi connectivity index (χ3n) is 3.21. The monoisotopic (exact) mass is 276 g/mol. The number of unbranched alkanes of at least 4 members (excludes halogenated alkanes) is 5. The third-order valence-corrected chi connectivity index (χ3v) is 3.21. The third kappa shape index (κ3) is 8.97. The zero-order chi connectivity index (χ0) is 14.7. The molecule has 0 aromatic rings.